The molecular formula is C22H35N3O2S. The fraction of sp³-hybridized carbons (Fsp3) is 0.909. The van der Waals surface area contributed by atoms with E-state index in [1.54, 1.807) is 0 Å². The lowest BCUT2D eigenvalue weighted by atomic mass is 9.53. The second-order valence-corrected chi connectivity index (χ2v) is 11.6. The number of hydrogen-bond acceptors (Lipinski definition) is 3. The number of thiocarbonyl (C=S) groups is 1. The molecule has 6 rings (SSSR count). The highest BCUT2D eigenvalue weighted by atomic mass is 32.1. The van der Waals surface area contributed by atoms with Crippen LogP contribution in [0.15, 0.2) is 0 Å². The minimum absolute atomic E-state index is 0.0421. The molecule has 0 aromatic carbocycles. The zero-order valence-electron chi connectivity index (χ0n) is 17.4. The van der Waals surface area contributed by atoms with Gasteiger partial charge in [-0.3, -0.25) is 0 Å². The predicted molar refractivity (Wildman–Crippen MR) is 113 cm³/mol. The van der Waals surface area contributed by atoms with Crippen LogP contribution >= 0.6 is 12.2 Å². The molecule has 4 aliphatic carbocycles. The quantitative estimate of drug-likeness (QED) is 0.709. The molecule has 2 aliphatic heterocycles. The Morgan fingerprint density at radius 3 is 2.21 bits per heavy atom. The number of piperidine rings is 1. The fourth-order valence-electron chi connectivity index (χ4n) is 7.14. The van der Waals surface area contributed by atoms with Gasteiger partial charge in [-0.1, -0.05) is 13.8 Å². The lowest BCUT2D eigenvalue weighted by Crippen LogP contribution is -2.63. The van der Waals surface area contributed by atoms with Crippen LogP contribution in [0.3, 0.4) is 0 Å². The molecule has 6 heteroatoms. The summed E-state index contributed by atoms with van der Waals surface area (Å²) in [5, 5.41) is 4.82. The summed E-state index contributed by atoms with van der Waals surface area (Å²) in [6.07, 6.45) is 10.2. The van der Waals surface area contributed by atoms with Gasteiger partial charge in [0.25, 0.3) is 0 Å². The summed E-state index contributed by atoms with van der Waals surface area (Å²) in [4.78, 5) is 16.6. The second-order valence-electron chi connectivity index (χ2n) is 11.2. The number of carbonyl (C=O) groups excluding carboxylic acids is 1. The van der Waals surface area contributed by atoms with Crippen molar-refractivity contribution in [2.24, 2.45) is 23.2 Å². The zero-order valence-corrected chi connectivity index (χ0v) is 18.2. The van der Waals surface area contributed by atoms with Gasteiger partial charge in [0.2, 0.25) is 0 Å². The number of amides is 1. The molecule has 6 fully saturated rings. The normalized spacial score (nSPS) is 39.8. The van der Waals surface area contributed by atoms with Gasteiger partial charge < -0.3 is 19.9 Å². The molecule has 0 unspecified atom stereocenters. The molecule has 4 bridgehead atoms. The summed E-state index contributed by atoms with van der Waals surface area (Å²) in [7, 11) is 0. The van der Waals surface area contributed by atoms with E-state index in [0.29, 0.717) is 6.61 Å². The Hall–Kier alpha value is -1.04. The molecule has 5 nitrogen and oxygen atoms in total. The minimum Gasteiger partial charge on any atom is -0.449 e. The van der Waals surface area contributed by atoms with Crippen LogP contribution in [0.1, 0.15) is 65.2 Å². The summed E-state index contributed by atoms with van der Waals surface area (Å²) in [6, 6.07) is 0.283. The van der Waals surface area contributed by atoms with Crippen molar-refractivity contribution in [1.82, 2.24) is 15.1 Å². The number of hydrogen-bond donors (Lipinski definition) is 1. The molecule has 2 heterocycles. The maximum absolute atomic E-state index is 12.3. The first kappa shape index (κ1) is 19.0. The van der Waals surface area contributed by atoms with E-state index in [1.807, 2.05) is 4.90 Å². The molecule has 1 amide bonds. The predicted octanol–water partition coefficient (Wildman–Crippen LogP) is 3.77. The lowest BCUT2D eigenvalue weighted by Gasteiger charge is -2.57. The number of nitrogens with one attached hydrogen (secondary N) is 1. The first-order valence-electron chi connectivity index (χ1n) is 11.3. The van der Waals surface area contributed by atoms with Gasteiger partial charge in [-0.2, -0.15) is 0 Å². The highest BCUT2D eigenvalue weighted by Crippen LogP contribution is 2.55. The highest BCUT2D eigenvalue weighted by molar-refractivity contribution is 7.80. The van der Waals surface area contributed by atoms with E-state index < -0.39 is 0 Å². The smallest absolute Gasteiger partial charge is 0.410 e. The molecule has 0 spiro atoms. The minimum atomic E-state index is -0.132. The Kier molecular flexibility index (Phi) is 4.57. The van der Waals surface area contributed by atoms with E-state index in [0.717, 1.165) is 55.3 Å². The van der Waals surface area contributed by atoms with Crippen LogP contribution in [0.5, 0.6) is 0 Å². The molecule has 4 saturated carbocycles. The molecule has 156 valence electrons. The Labute approximate surface area is 174 Å². The third-order valence-corrected chi connectivity index (χ3v) is 8.38. The molecule has 0 radical (unpaired) electrons. The number of likely N-dealkylation sites (tertiary alicyclic amines) is 1. The van der Waals surface area contributed by atoms with Crippen LogP contribution in [-0.4, -0.2) is 58.8 Å². The maximum Gasteiger partial charge on any atom is 0.410 e. The van der Waals surface area contributed by atoms with E-state index in [9.17, 15) is 4.79 Å². The Bertz CT molecular complexity index is 621. The SMILES string of the molecule is CC1(C)COC(=O)N(C2CCN(C(=S)NC34CC5CC(CC(C5)C3)C4)CC2)C1. The molecule has 28 heavy (non-hydrogen) atoms. The van der Waals surface area contributed by atoms with Crippen molar-refractivity contribution in [2.45, 2.75) is 76.8 Å². The van der Waals surface area contributed by atoms with E-state index >= 15 is 0 Å². The zero-order chi connectivity index (χ0) is 19.5. The monoisotopic (exact) mass is 405 g/mol. The van der Waals surface area contributed by atoms with Gasteiger partial charge in [0, 0.05) is 36.6 Å². The van der Waals surface area contributed by atoms with Crippen molar-refractivity contribution in [3.05, 3.63) is 0 Å². The number of ether oxygens (including phenoxy) is 1. The summed E-state index contributed by atoms with van der Waals surface area (Å²) in [6.45, 7) is 7.55. The van der Waals surface area contributed by atoms with Crippen LogP contribution < -0.4 is 5.32 Å². The summed E-state index contributed by atoms with van der Waals surface area (Å²) in [5.74, 6) is 2.79. The van der Waals surface area contributed by atoms with E-state index in [-0.39, 0.29) is 23.1 Å². The molecule has 1 N–H and O–H groups in total. The van der Waals surface area contributed by atoms with Gasteiger partial charge >= 0.3 is 6.09 Å². The lowest BCUT2D eigenvalue weighted by molar-refractivity contribution is -0.0162. The van der Waals surface area contributed by atoms with Crippen molar-refractivity contribution in [3.8, 4) is 0 Å². The Morgan fingerprint density at radius 2 is 1.64 bits per heavy atom. The van der Waals surface area contributed by atoms with Crippen molar-refractivity contribution in [1.29, 1.82) is 0 Å². The molecule has 0 aromatic rings. The van der Waals surface area contributed by atoms with Crippen molar-refractivity contribution >= 4 is 23.4 Å². The standard InChI is InChI=1S/C22H35N3O2S/c1-21(2)13-25(20(26)27-14-21)18-3-5-24(6-4-18)19(28)23-22-10-15-7-16(11-22)9-17(8-15)12-22/h15-18H,3-14H2,1-2H3,(H,23,28). The maximum atomic E-state index is 12.3. The average molecular weight is 406 g/mol. The van der Waals surface area contributed by atoms with Gasteiger partial charge in [0.15, 0.2) is 5.11 Å². The van der Waals surface area contributed by atoms with E-state index in [2.05, 4.69) is 24.1 Å². The Balaban J connectivity index is 1.17. The third-order valence-electron chi connectivity index (χ3n) is 8.02. The van der Waals surface area contributed by atoms with Crippen molar-refractivity contribution in [3.63, 3.8) is 0 Å². The number of rotatable bonds is 2. The number of cyclic esters (lactones) is 1. The molecule has 2 saturated heterocycles. The van der Waals surface area contributed by atoms with E-state index in [1.165, 1.54) is 38.5 Å². The largest absolute Gasteiger partial charge is 0.449 e. The van der Waals surface area contributed by atoms with Crippen molar-refractivity contribution < 1.29 is 9.53 Å². The van der Waals surface area contributed by atoms with E-state index in [4.69, 9.17) is 17.0 Å². The summed E-state index contributed by atoms with van der Waals surface area (Å²) < 4.78 is 5.43. The van der Waals surface area contributed by atoms with Gasteiger partial charge in [-0.25, -0.2) is 4.79 Å². The molecule has 6 aliphatic rings. The summed E-state index contributed by atoms with van der Waals surface area (Å²) in [5.41, 5.74) is 0.323. The van der Waals surface area contributed by atoms with Gasteiger partial charge in [0.05, 0.1) is 6.61 Å². The number of carbonyl (C=O) groups is 1. The van der Waals surface area contributed by atoms with Crippen LogP contribution in [0, 0.1) is 23.2 Å². The average Bonchev–Trinajstić information content (AvgIpc) is 2.62. The van der Waals surface area contributed by atoms with Crippen LogP contribution in [0.2, 0.25) is 0 Å². The van der Waals surface area contributed by atoms with Crippen LogP contribution in [0.25, 0.3) is 0 Å². The number of nitrogens with zero attached hydrogens (tertiary/aromatic N) is 2. The van der Waals surface area contributed by atoms with Gasteiger partial charge in [0.1, 0.15) is 0 Å². The molecule has 0 atom stereocenters. The summed E-state index contributed by atoms with van der Waals surface area (Å²) >= 11 is 5.87. The molecule has 0 aromatic heterocycles. The second kappa shape index (κ2) is 6.75. The van der Waals surface area contributed by atoms with Crippen LogP contribution in [0.4, 0.5) is 4.79 Å². The van der Waals surface area contributed by atoms with Gasteiger partial charge in [-0.05, 0) is 81.3 Å². The third kappa shape index (κ3) is 3.50. The van der Waals surface area contributed by atoms with Crippen molar-refractivity contribution in [2.75, 3.05) is 26.2 Å². The first-order chi connectivity index (χ1) is 13.3. The van der Waals surface area contributed by atoms with Crippen LogP contribution in [-0.2, 0) is 4.74 Å². The Morgan fingerprint density at radius 1 is 1.07 bits per heavy atom. The topological polar surface area (TPSA) is 44.8 Å². The highest BCUT2D eigenvalue weighted by Gasteiger charge is 2.51. The fourth-order valence-corrected chi connectivity index (χ4v) is 7.54. The first-order valence-corrected chi connectivity index (χ1v) is 11.7. The molecular weight excluding hydrogens is 370 g/mol. The van der Waals surface area contributed by atoms with Gasteiger partial charge in [-0.15, -0.1) is 0 Å².